The molecule has 3 rings (SSSR count). The van der Waals surface area contributed by atoms with Gasteiger partial charge in [0.25, 0.3) is 5.91 Å². The van der Waals surface area contributed by atoms with Crippen molar-refractivity contribution in [3.05, 3.63) is 63.4 Å². The fraction of sp³-hybridized carbons (Fsp3) is 0.158. The number of methoxy groups -OCH3 is 2. The molecule has 0 atom stereocenters. The summed E-state index contributed by atoms with van der Waals surface area (Å²) in [6.45, 7) is -0.136. The predicted octanol–water partition coefficient (Wildman–Crippen LogP) is 3.06. The highest BCUT2D eigenvalue weighted by molar-refractivity contribution is 7.16. The molecule has 0 aliphatic rings. The molecule has 0 saturated carbocycles. The van der Waals surface area contributed by atoms with Gasteiger partial charge in [-0.25, -0.2) is 4.79 Å². The Bertz CT molecular complexity index is 1150. The lowest BCUT2D eigenvalue weighted by atomic mass is 10.2. The van der Waals surface area contributed by atoms with Crippen molar-refractivity contribution in [1.29, 1.82) is 0 Å². The maximum Gasteiger partial charge on any atom is 0.337 e. The molecule has 0 unspecified atom stereocenters. The molecule has 0 saturated heterocycles. The normalized spacial score (nSPS) is 11.5. The monoisotopic (exact) mass is 418 g/mol. The molecule has 1 amide bonds. The molecule has 7 nitrogen and oxygen atoms in total. The minimum Gasteiger partial charge on any atom is -0.468 e. The molecule has 0 bridgehead atoms. The highest BCUT2D eigenvalue weighted by Gasteiger charge is 2.15. The van der Waals surface area contributed by atoms with E-state index in [0.717, 1.165) is 11.3 Å². The van der Waals surface area contributed by atoms with Gasteiger partial charge in [-0.1, -0.05) is 35.1 Å². The molecule has 0 radical (unpaired) electrons. The van der Waals surface area contributed by atoms with Gasteiger partial charge in [0, 0.05) is 0 Å². The zero-order valence-corrected chi connectivity index (χ0v) is 16.5. The van der Waals surface area contributed by atoms with E-state index in [1.54, 1.807) is 47.0 Å². The molecular weight excluding hydrogens is 404 g/mol. The number of nitrogens with zero attached hydrogens (tertiary/aromatic N) is 2. The van der Waals surface area contributed by atoms with Gasteiger partial charge >= 0.3 is 11.9 Å². The molecule has 0 fully saturated rings. The van der Waals surface area contributed by atoms with Crippen molar-refractivity contribution in [3.63, 3.8) is 0 Å². The Morgan fingerprint density at radius 1 is 1.11 bits per heavy atom. The number of thiazole rings is 1. The van der Waals surface area contributed by atoms with Crippen molar-refractivity contribution < 1.29 is 23.9 Å². The van der Waals surface area contributed by atoms with E-state index in [1.807, 2.05) is 0 Å². The van der Waals surface area contributed by atoms with Gasteiger partial charge in [0.1, 0.15) is 6.54 Å². The molecule has 1 heterocycles. The Balaban J connectivity index is 2.17. The van der Waals surface area contributed by atoms with Crippen LogP contribution >= 0.6 is 22.9 Å². The van der Waals surface area contributed by atoms with E-state index in [-0.39, 0.29) is 21.9 Å². The average Bonchev–Trinajstić information content (AvgIpc) is 3.03. The Labute approximate surface area is 168 Å². The summed E-state index contributed by atoms with van der Waals surface area (Å²) in [4.78, 5) is 40.6. The third kappa shape index (κ3) is 3.97. The summed E-state index contributed by atoms with van der Waals surface area (Å²) in [7, 11) is 2.57. The quantitative estimate of drug-likeness (QED) is 0.608. The first-order valence-corrected chi connectivity index (χ1v) is 9.26. The number of fused-ring (bicyclic) bond motifs is 1. The molecule has 28 heavy (non-hydrogen) atoms. The summed E-state index contributed by atoms with van der Waals surface area (Å²) in [5, 5.41) is 0.282. The van der Waals surface area contributed by atoms with Crippen molar-refractivity contribution in [1.82, 2.24) is 4.57 Å². The fourth-order valence-electron chi connectivity index (χ4n) is 2.53. The van der Waals surface area contributed by atoms with E-state index in [9.17, 15) is 14.4 Å². The number of aromatic nitrogens is 1. The first kappa shape index (κ1) is 19.8. The molecule has 0 N–H and O–H groups in total. The molecule has 1 aromatic heterocycles. The molecule has 0 aliphatic carbocycles. The number of hydrogen-bond acceptors (Lipinski definition) is 6. The topological polar surface area (TPSA) is 87.0 Å². The summed E-state index contributed by atoms with van der Waals surface area (Å²) >= 11 is 7.24. The van der Waals surface area contributed by atoms with Gasteiger partial charge in [0.15, 0.2) is 4.80 Å². The van der Waals surface area contributed by atoms with Gasteiger partial charge in [-0.05, 0) is 30.3 Å². The van der Waals surface area contributed by atoms with E-state index in [2.05, 4.69) is 4.99 Å². The maximum absolute atomic E-state index is 12.6. The van der Waals surface area contributed by atoms with Crippen LogP contribution < -0.4 is 4.80 Å². The molecule has 0 spiro atoms. The molecular formula is C19H15ClN2O5S. The van der Waals surface area contributed by atoms with Crippen molar-refractivity contribution in [2.75, 3.05) is 14.2 Å². The fourth-order valence-corrected chi connectivity index (χ4v) is 3.82. The minimum absolute atomic E-state index is 0.136. The Morgan fingerprint density at radius 3 is 2.54 bits per heavy atom. The summed E-state index contributed by atoms with van der Waals surface area (Å²) < 4.78 is 11.7. The molecule has 144 valence electrons. The lowest BCUT2D eigenvalue weighted by Crippen LogP contribution is -2.22. The molecule has 9 heteroatoms. The first-order chi connectivity index (χ1) is 13.4. The lowest BCUT2D eigenvalue weighted by molar-refractivity contribution is -0.141. The first-order valence-electron chi connectivity index (χ1n) is 8.06. The lowest BCUT2D eigenvalue weighted by Gasteiger charge is -2.04. The van der Waals surface area contributed by atoms with Gasteiger partial charge < -0.3 is 14.0 Å². The third-order valence-electron chi connectivity index (χ3n) is 3.92. The molecule has 3 aromatic rings. The van der Waals surface area contributed by atoms with E-state index in [4.69, 9.17) is 21.1 Å². The van der Waals surface area contributed by atoms with Crippen LogP contribution in [-0.2, 0) is 20.8 Å². The van der Waals surface area contributed by atoms with Crippen molar-refractivity contribution >= 4 is 51.0 Å². The van der Waals surface area contributed by atoms with Crippen molar-refractivity contribution in [2.45, 2.75) is 6.54 Å². The van der Waals surface area contributed by atoms with Crippen LogP contribution in [0.4, 0.5) is 0 Å². The van der Waals surface area contributed by atoms with E-state index >= 15 is 0 Å². The average molecular weight is 419 g/mol. The predicted molar refractivity (Wildman–Crippen MR) is 105 cm³/mol. The number of ether oxygens (including phenoxy) is 2. The number of benzene rings is 2. The maximum atomic E-state index is 12.6. The van der Waals surface area contributed by atoms with Crippen LogP contribution in [0.25, 0.3) is 10.2 Å². The van der Waals surface area contributed by atoms with Crippen LogP contribution in [0.1, 0.15) is 20.7 Å². The zero-order valence-electron chi connectivity index (χ0n) is 15.0. The number of rotatable bonds is 4. The van der Waals surface area contributed by atoms with Gasteiger partial charge in [-0.2, -0.15) is 4.99 Å². The largest absolute Gasteiger partial charge is 0.468 e. The van der Waals surface area contributed by atoms with Crippen LogP contribution in [0.2, 0.25) is 5.02 Å². The number of amides is 1. The van der Waals surface area contributed by atoms with Gasteiger partial charge in [0.05, 0.1) is 40.6 Å². The standard InChI is InChI=1S/C19H15ClN2O5S/c1-26-16(23)10-22-14-8-7-11(18(25)27-2)9-15(14)28-19(22)21-17(24)12-5-3-4-6-13(12)20/h3-9H,10H2,1-2H3. The van der Waals surface area contributed by atoms with Crippen LogP contribution in [0, 0.1) is 0 Å². The summed E-state index contributed by atoms with van der Waals surface area (Å²) in [5.41, 5.74) is 1.24. The van der Waals surface area contributed by atoms with Gasteiger partial charge in [-0.3, -0.25) is 9.59 Å². The number of esters is 2. The van der Waals surface area contributed by atoms with Gasteiger partial charge in [0.2, 0.25) is 0 Å². The SMILES string of the molecule is COC(=O)Cn1c(=NC(=O)c2ccccc2Cl)sc2cc(C(=O)OC)ccc21. The van der Waals surface area contributed by atoms with E-state index in [1.165, 1.54) is 14.2 Å². The van der Waals surface area contributed by atoms with E-state index in [0.29, 0.717) is 15.8 Å². The second-order valence-corrected chi connectivity index (χ2v) is 7.03. The molecule has 0 aliphatic heterocycles. The second kappa shape index (κ2) is 8.37. The number of halogens is 1. The van der Waals surface area contributed by atoms with E-state index < -0.39 is 17.8 Å². The second-order valence-electron chi connectivity index (χ2n) is 5.62. The van der Waals surface area contributed by atoms with Crippen molar-refractivity contribution in [3.8, 4) is 0 Å². The molecule has 2 aromatic carbocycles. The Kier molecular flexibility index (Phi) is 5.91. The van der Waals surface area contributed by atoms with Crippen LogP contribution in [-0.4, -0.2) is 36.6 Å². The number of hydrogen-bond donors (Lipinski definition) is 0. The number of carbonyl (C=O) groups excluding carboxylic acids is 3. The van der Waals surface area contributed by atoms with Crippen molar-refractivity contribution in [2.24, 2.45) is 4.99 Å². The summed E-state index contributed by atoms with van der Waals surface area (Å²) in [5.74, 6) is -1.52. The summed E-state index contributed by atoms with van der Waals surface area (Å²) in [6.07, 6.45) is 0. The smallest absolute Gasteiger partial charge is 0.337 e. The Morgan fingerprint density at radius 2 is 1.86 bits per heavy atom. The van der Waals surface area contributed by atoms with Crippen LogP contribution in [0.5, 0.6) is 0 Å². The third-order valence-corrected chi connectivity index (χ3v) is 5.29. The van der Waals surface area contributed by atoms with Crippen LogP contribution in [0.3, 0.4) is 0 Å². The minimum atomic E-state index is -0.538. The summed E-state index contributed by atoms with van der Waals surface area (Å²) in [6, 6.07) is 11.4. The van der Waals surface area contributed by atoms with Crippen LogP contribution in [0.15, 0.2) is 47.5 Å². The Hall–Kier alpha value is -2.97. The zero-order chi connectivity index (χ0) is 20.3. The number of carbonyl (C=O) groups is 3. The highest BCUT2D eigenvalue weighted by atomic mass is 35.5. The highest BCUT2D eigenvalue weighted by Crippen LogP contribution is 2.21. The van der Waals surface area contributed by atoms with Gasteiger partial charge in [-0.15, -0.1) is 0 Å².